The molecule has 2 rings (SSSR count). The van der Waals surface area contributed by atoms with Crippen molar-refractivity contribution in [2.24, 2.45) is 5.84 Å². The number of nitrogens with two attached hydrogens (primary N) is 1. The van der Waals surface area contributed by atoms with Gasteiger partial charge in [-0.15, -0.1) is 0 Å². The highest BCUT2D eigenvalue weighted by atomic mass is 19.4. The van der Waals surface area contributed by atoms with E-state index in [4.69, 9.17) is 5.84 Å². The molecule has 106 valence electrons. The highest BCUT2D eigenvalue weighted by Gasteiger charge is 2.31. The molecule has 8 heteroatoms. The molecule has 0 aliphatic heterocycles. The Hall–Kier alpha value is -2.35. The summed E-state index contributed by atoms with van der Waals surface area (Å²) in [5.74, 6) is 4.66. The molecule has 0 saturated carbocycles. The van der Waals surface area contributed by atoms with Gasteiger partial charge in [-0.2, -0.15) is 13.2 Å². The van der Waals surface area contributed by atoms with E-state index >= 15 is 0 Å². The second kappa shape index (κ2) is 5.33. The van der Waals surface area contributed by atoms with Crippen molar-refractivity contribution in [1.82, 2.24) is 4.98 Å². The molecular formula is C12H10F4N4. The number of rotatable bonds is 3. The van der Waals surface area contributed by atoms with Gasteiger partial charge in [0.05, 0.1) is 11.3 Å². The molecule has 0 bridgehead atoms. The van der Waals surface area contributed by atoms with Gasteiger partial charge in [0.2, 0.25) is 0 Å². The number of halogens is 4. The van der Waals surface area contributed by atoms with Gasteiger partial charge in [-0.1, -0.05) is 0 Å². The zero-order chi connectivity index (χ0) is 14.8. The molecule has 1 aromatic heterocycles. The van der Waals surface area contributed by atoms with Gasteiger partial charge in [-0.25, -0.2) is 15.2 Å². The van der Waals surface area contributed by atoms with E-state index in [1.807, 2.05) is 0 Å². The van der Waals surface area contributed by atoms with E-state index in [0.717, 1.165) is 6.07 Å². The molecule has 0 atom stereocenters. The van der Waals surface area contributed by atoms with E-state index in [-0.39, 0.29) is 5.69 Å². The third-order valence-corrected chi connectivity index (χ3v) is 2.48. The van der Waals surface area contributed by atoms with Crippen LogP contribution in [0, 0.1) is 5.82 Å². The number of hydrogen-bond donors (Lipinski definition) is 3. The summed E-state index contributed by atoms with van der Waals surface area (Å²) in [6, 6.07) is 5.04. The third kappa shape index (κ3) is 3.15. The SMILES string of the molecule is NNc1cc(Nc2cc(C(F)(F)F)ccc2F)ccn1. The molecule has 0 saturated heterocycles. The molecule has 0 spiro atoms. The fraction of sp³-hybridized carbons (Fsp3) is 0.0833. The second-order valence-corrected chi connectivity index (χ2v) is 3.89. The van der Waals surface area contributed by atoms with Crippen LogP contribution in [0.15, 0.2) is 36.5 Å². The van der Waals surface area contributed by atoms with E-state index in [2.05, 4.69) is 15.7 Å². The minimum absolute atomic E-state index is 0.283. The molecule has 1 aromatic carbocycles. The molecule has 0 aliphatic rings. The van der Waals surface area contributed by atoms with Crippen molar-refractivity contribution in [2.45, 2.75) is 6.18 Å². The Morgan fingerprint density at radius 3 is 2.50 bits per heavy atom. The average Bonchev–Trinajstić information content (AvgIpc) is 2.40. The van der Waals surface area contributed by atoms with Crippen molar-refractivity contribution in [3.8, 4) is 0 Å². The summed E-state index contributed by atoms with van der Waals surface area (Å²) in [7, 11) is 0. The molecular weight excluding hydrogens is 276 g/mol. The Balaban J connectivity index is 2.32. The van der Waals surface area contributed by atoms with E-state index in [0.29, 0.717) is 23.6 Å². The van der Waals surface area contributed by atoms with Crippen molar-refractivity contribution >= 4 is 17.2 Å². The minimum Gasteiger partial charge on any atom is -0.353 e. The number of nitrogens with zero attached hydrogens (tertiary/aromatic N) is 1. The lowest BCUT2D eigenvalue weighted by Crippen LogP contribution is -2.09. The first kappa shape index (κ1) is 14.1. The summed E-state index contributed by atoms with van der Waals surface area (Å²) < 4.78 is 51.3. The van der Waals surface area contributed by atoms with Gasteiger partial charge in [0.15, 0.2) is 0 Å². The van der Waals surface area contributed by atoms with Crippen LogP contribution in [0.4, 0.5) is 34.8 Å². The van der Waals surface area contributed by atoms with Crippen molar-refractivity contribution < 1.29 is 17.6 Å². The van der Waals surface area contributed by atoms with Crippen LogP contribution in [0.5, 0.6) is 0 Å². The van der Waals surface area contributed by atoms with Crippen LogP contribution >= 0.6 is 0 Å². The summed E-state index contributed by atoms with van der Waals surface area (Å²) in [4.78, 5) is 3.83. The first-order chi connectivity index (χ1) is 9.40. The fourth-order valence-corrected chi connectivity index (χ4v) is 1.54. The summed E-state index contributed by atoms with van der Waals surface area (Å²) in [6.45, 7) is 0. The van der Waals surface area contributed by atoms with Gasteiger partial charge in [0.25, 0.3) is 0 Å². The molecule has 4 nitrogen and oxygen atoms in total. The quantitative estimate of drug-likeness (QED) is 0.460. The number of benzene rings is 1. The van der Waals surface area contributed by atoms with Gasteiger partial charge < -0.3 is 10.7 Å². The Bertz CT molecular complexity index is 613. The zero-order valence-corrected chi connectivity index (χ0v) is 10.0. The molecule has 2 aromatic rings. The Morgan fingerprint density at radius 1 is 1.10 bits per heavy atom. The molecule has 0 unspecified atom stereocenters. The highest BCUT2D eigenvalue weighted by Crippen LogP contribution is 2.32. The van der Waals surface area contributed by atoms with Gasteiger partial charge in [-0.3, -0.25) is 0 Å². The summed E-state index contributed by atoms with van der Waals surface area (Å²) in [5.41, 5.74) is 1.41. The predicted molar refractivity (Wildman–Crippen MR) is 66.7 cm³/mol. The van der Waals surface area contributed by atoms with E-state index < -0.39 is 17.6 Å². The maximum atomic E-state index is 13.5. The maximum absolute atomic E-state index is 13.5. The fourth-order valence-electron chi connectivity index (χ4n) is 1.54. The predicted octanol–water partition coefficient (Wildman–Crippen LogP) is 3.27. The monoisotopic (exact) mass is 286 g/mol. The molecule has 0 aliphatic carbocycles. The number of nitrogen functional groups attached to an aromatic ring is 1. The number of nitrogens with one attached hydrogen (secondary N) is 2. The molecule has 0 fully saturated rings. The summed E-state index contributed by atoms with van der Waals surface area (Å²) in [6.07, 6.45) is -3.16. The lowest BCUT2D eigenvalue weighted by Gasteiger charge is -2.12. The smallest absolute Gasteiger partial charge is 0.353 e. The average molecular weight is 286 g/mol. The van der Waals surface area contributed by atoms with Crippen LogP contribution < -0.4 is 16.6 Å². The van der Waals surface area contributed by atoms with Gasteiger partial charge in [-0.05, 0) is 24.3 Å². The lowest BCUT2D eigenvalue weighted by molar-refractivity contribution is -0.137. The Morgan fingerprint density at radius 2 is 1.85 bits per heavy atom. The first-order valence-electron chi connectivity index (χ1n) is 5.46. The largest absolute Gasteiger partial charge is 0.416 e. The van der Waals surface area contributed by atoms with Crippen LogP contribution in [0.2, 0.25) is 0 Å². The number of hydrazine groups is 1. The van der Waals surface area contributed by atoms with E-state index in [9.17, 15) is 17.6 Å². The number of alkyl halides is 3. The van der Waals surface area contributed by atoms with Crippen molar-refractivity contribution in [3.05, 3.63) is 47.9 Å². The zero-order valence-electron chi connectivity index (χ0n) is 10.0. The number of anilines is 3. The molecule has 4 N–H and O–H groups in total. The first-order valence-corrected chi connectivity index (χ1v) is 5.46. The van der Waals surface area contributed by atoms with E-state index in [1.54, 1.807) is 0 Å². The number of aromatic nitrogens is 1. The molecule has 1 heterocycles. The van der Waals surface area contributed by atoms with Crippen LogP contribution in [0.25, 0.3) is 0 Å². The van der Waals surface area contributed by atoms with Gasteiger partial charge >= 0.3 is 6.18 Å². The molecule has 0 radical (unpaired) electrons. The normalized spacial score (nSPS) is 11.2. The van der Waals surface area contributed by atoms with Crippen molar-refractivity contribution in [2.75, 3.05) is 10.7 Å². The van der Waals surface area contributed by atoms with Crippen LogP contribution in [0.3, 0.4) is 0 Å². The number of hydrogen-bond acceptors (Lipinski definition) is 4. The Labute approximate surface area is 111 Å². The second-order valence-electron chi connectivity index (χ2n) is 3.89. The van der Waals surface area contributed by atoms with Crippen molar-refractivity contribution in [3.63, 3.8) is 0 Å². The van der Waals surface area contributed by atoms with Crippen molar-refractivity contribution in [1.29, 1.82) is 0 Å². The Kier molecular flexibility index (Phi) is 3.75. The summed E-state index contributed by atoms with van der Waals surface area (Å²) >= 11 is 0. The standard InChI is InChI=1S/C12H10F4N4/c13-9-2-1-7(12(14,15)16)5-10(9)19-8-3-4-18-11(6-8)20-17/h1-6H,17H2,(H2,18,19,20). The van der Waals surface area contributed by atoms with Gasteiger partial charge in [0.1, 0.15) is 11.6 Å². The van der Waals surface area contributed by atoms with E-state index in [1.165, 1.54) is 18.3 Å². The summed E-state index contributed by atoms with van der Waals surface area (Å²) in [5, 5.41) is 2.55. The minimum atomic E-state index is -4.54. The maximum Gasteiger partial charge on any atom is 0.416 e. The lowest BCUT2D eigenvalue weighted by atomic mass is 10.2. The topological polar surface area (TPSA) is 63.0 Å². The van der Waals surface area contributed by atoms with Crippen LogP contribution in [0.1, 0.15) is 5.56 Å². The van der Waals surface area contributed by atoms with Crippen LogP contribution in [-0.4, -0.2) is 4.98 Å². The molecule has 0 amide bonds. The third-order valence-electron chi connectivity index (χ3n) is 2.48. The number of pyridine rings is 1. The molecule has 20 heavy (non-hydrogen) atoms. The highest BCUT2D eigenvalue weighted by molar-refractivity contribution is 5.63. The van der Waals surface area contributed by atoms with Gasteiger partial charge in [0, 0.05) is 18.0 Å². The van der Waals surface area contributed by atoms with Crippen LogP contribution in [-0.2, 0) is 6.18 Å².